The third-order valence-corrected chi connectivity index (χ3v) is 9.98. The van der Waals surface area contributed by atoms with E-state index in [1.54, 1.807) is 14.1 Å². The van der Waals surface area contributed by atoms with Gasteiger partial charge in [0.05, 0.1) is 24.8 Å². The number of amides is 4. The quantitative estimate of drug-likeness (QED) is 0.237. The molecule has 0 aromatic rings. The molecule has 0 saturated heterocycles. The van der Waals surface area contributed by atoms with Crippen molar-refractivity contribution in [1.29, 1.82) is 0 Å². The maximum atomic E-state index is 13.3. The molecule has 0 bridgehead atoms. The first-order valence-corrected chi connectivity index (χ1v) is 15.9. The Balaban J connectivity index is 1.11. The highest BCUT2D eigenvalue weighted by Gasteiger charge is 2.39. The van der Waals surface area contributed by atoms with E-state index in [1.165, 1.54) is 0 Å². The van der Waals surface area contributed by atoms with E-state index in [1.807, 2.05) is 0 Å². The molecule has 12 nitrogen and oxygen atoms in total. The smallest absolute Gasteiger partial charge is 0.223 e. The maximum absolute atomic E-state index is 13.3. The fraction of sp³-hybridized carbons (Fsp3) is 0.800. The second-order valence-electron chi connectivity index (χ2n) is 12.8. The molecule has 0 spiro atoms. The van der Waals surface area contributed by atoms with Crippen molar-refractivity contribution in [3.8, 4) is 0 Å². The van der Waals surface area contributed by atoms with Gasteiger partial charge in [0.25, 0.3) is 0 Å². The SMILES string of the molecule is CNC(=O)C1CC(NC(=O)C2CCC(C(=O)NC3CC(C(=O)NC)CC(C4=NCCN4)C3)CC2)CC(C2=NCCN2)C1. The number of rotatable bonds is 8. The van der Waals surface area contributed by atoms with E-state index in [-0.39, 0.29) is 71.2 Å². The maximum Gasteiger partial charge on any atom is 0.223 e. The summed E-state index contributed by atoms with van der Waals surface area (Å²) in [6, 6.07) is -0.146. The van der Waals surface area contributed by atoms with Crippen LogP contribution >= 0.6 is 0 Å². The van der Waals surface area contributed by atoms with Crippen molar-refractivity contribution in [2.75, 3.05) is 40.3 Å². The fourth-order valence-electron chi connectivity index (χ4n) is 7.79. The number of hydrogen-bond donors (Lipinski definition) is 6. The Hall–Kier alpha value is -3.18. The average molecular weight is 585 g/mol. The van der Waals surface area contributed by atoms with Crippen molar-refractivity contribution in [3.05, 3.63) is 0 Å². The summed E-state index contributed by atoms with van der Waals surface area (Å²) in [7, 11) is 3.32. The molecule has 2 aliphatic heterocycles. The van der Waals surface area contributed by atoms with Crippen LogP contribution in [0.5, 0.6) is 0 Å². The van der Waals surface area contributed by atoms with E-state index in [0.29, 0.717) is 38.5 Å². The average Bonchev–Trinajstić information content (AvgIpc) is 3.75. The minimum atomic E-state index is -0.150. The van der Waals surface area contributed by atoms with Gasteiger partial charge in [-0.3, -0.25) is 29.2 Å². The van der Waals surface area contributed by atoms with Crippen LogP contribution < -0.4 is 31.9 Å². The van der Waals surface area contributed by atoms with Crippen LogP contribution in [0.15, 0.2) is 9.98 Å². The Kier molecular flexibility index (Phi) is 9.99. The lowest BCUT2D eigenvalue weighted by atomic mass is 9.76. The monoisotopic (exact) mass is 584 g/mol. The summed E-state index contributed by atoms with van der Waals surface area (Å²) in [5.74, 6) is 1.76. The molecule has 0 aromatic carbocycles. The summed E-state index contributed by atoms with van der Waals surface area (Å²) in [6.45, 7) is 3.17. The van der Waals surface area contributed by atoms with Crippen molar-refractivity contribution < 1.29 is 19.2 Å². The molecule has 42 heavy (non-hydrogen) atoms. The lowest BCUT2D eigenvalue weighted by Crippen LogP contribution is -2.49. The molecule has 5 aliphatic rings. The summed E-state index contributed by atoms with van der Waals surface area (Å²) < 4.78 is 0. The van der Waals surface area contributed by atoms with E-state index in [2.05, 4.69) is 41.9 Å². The number of hydrogen-bond acceptors (Lipinski definition) is 8. The molecule has 0 radical (unpaired) electrons. The Morgan fingerprint density at radius 3 is 1.31 bits per heavy atom. The van der Waals surface area contributed by atoms with Gasteiger partial charge in [-0.05, 0) is 64.2 Å². The van der Waals surface area contributed by atoms with Gasteiger partial charge in [-0.15, -0.1) is 0 Å². The number of carbonyl (C=O) groups excluding carboxylic acids is 4. The van der Waals surface area contributed by atoms with Crippen LogP contribution in [0.1, 0.15) is 64.2 Å². The largest absolute Gasteiger partial charge is 0.372 e. The third kappa shape index (κ3) is 7.23. The zero-order valence-corrected chi connectivity index (χ0v) is 25.0. The van der Waals surface area contributed by atoms with Crippen molar-refractivity contribution in [2.45, 2.75) is 76.3 Å². The Labute approximate surface area is 248 Å². The van der Waals surface area contributed by atoms with Gasteiger partial charge in [0.15, 0.2) is 0 Å². The first kappa shape index (κ1) is 30.3. The molecule has 232 valence electrons. The van der Waals surface area contributed by atoms with Crippen LogP contribution in [-0.4, -0.2) is 87.7 Å². The van der Waals surface area contributed by atoms with Crippen molar-refractivity contribution in [2.24, 2.45) is 45.5 Å². The van der Waals surface area contributed by atoms with Gasteiger partial charge in [0.2, 0.25) is 23.6 Å². The van der Waals surface area contributed by atoms with Gasteiger partial charge < -0.3 is 31.9 Å². The van der Waals surface area contributed by atoms with E-state index in [0.717, 1.165) is 63.5 Å². The van der Waals surface area contributed by atoms with Crippen LogP contribution in [0.25, 0.3) is 0 Å². The van der Waals surface area contributed by atoms with Crippen LogP contribution in [0.4, 0.5) is 0 Å². The molecule has 0 aromatic heterocycles. The molecular weight excluding hydrogens is 536 g/mol. The highest BCUT2D eigenvalue weighted by Crippen LogP contribution is 2.35. The Morgan fingerprint density at radius 1 is 0.571 bits per heavy atom. The summed E-state index contributed by atoms with van der Waals surface area (Å²) in [4.78, 5) is 60.8. The minimum Gasteiger partial charge on any atom is -0.372 e. The van der Waals surface area contributed by atoms with Crippen molar-refractivity contribution in [3.63, 3.8) is 0 Å². The summed E-state index contributed by atoms with van der Waals surface area (Å²) >= 11 is 0. The van der Waals surface area contributed by atoms with Crippen LogP contribution in [0, 0.1) is 35.5 Å². The summed E-state index contributed by atoms with van der Waals surface area (Å²) in [5.41, 5.74) is 0. The summed E-state index contributed by atoms with van der Waals surface area (Å²) in [5, 5.41) is 18.8. The zero-order chi connectivity index (χ0) is 29.6. The van der Waals surface area contributed by atoms with E-state index >= 15 is 0 Å². The standard InChI is InChI=1S/C30H48N8O4/c1-31-27(39)21-11-19(25-33-7-8-34-25)13-23(15-21)37-29(41)17-3-5-18(6-4-17)30(42)38-24-14-20(26-35-9-10-36-26)12-22(16-24)28(40)32-2/h17-24H,3-16H2,1-2H3,(H,31,39)(H,32,40)(H,33,34)(H,35,36)(H,37,41)(H,38,42). The van der Waals surface area contributed by atoms with Crippen molar-refractivity contribution in [1.82, 2.24) is 31.9 Å². The first-order valence-electron chi connectivity index (χ1n) is 15.9. The van der Waals surface area contributed by atoms with E-state index in [9.17, 15) is 19.2 Å². The van der Waals surface area contributed by atoms with Gasteiger partial charge in [-0.2, -0.15) is 0 Å². The lowest BCUT2D eigenvalue weighted by molar-refractivity contribution is -0.132. The topological polar surface area (TPSA) is 165 Å². The molecule has 6 unspecified atom stereocenters. The predicted molar refractivity (Wildman–Crippen MR) is 160 cm³/mol. The molecule has 3 aliphatic carbocycles. The van der Waals surface area contributed by atoms with Crippen molar-refractivity contribution >= 4 is 35.3 Å². The number of carbonyl (C=O) groups is 4. The highest BCUT2D eigenvalue weighted by atomic mass is 16.2. The molecule has 3 saturated carbocycles. The molecule has 6 N–H and O–H groups in total. The molecule has 6 atom stereocenters. The normalized spacial score (nSPS) is 34.6. The molecular formula is C30H48N8O4. The van der Waals surface area contributed by atoms with Gasteiger partial charge in [0, 0.05) is 74.8 Å². The van der Waals surface area contributed by atoms with E-state index in [4.69, 9.17) is 0 Å². The zero-order valence-electron chi connectivity index (χ0n) is 25.0. The Bertz CT molecular complexity index is 1000. The highest BCUT2D eigenvalue weighted by molar-refractivity contribution is 5.89. The minimum absolute atomic E-state index is 0.0162. The predicted octanol–water partition coefficient (Wildman–Crippen LogP) is 0.0904. The second-order valence-corrected chi connectivity index (χ2v) is 12.8. The van der Waals surface area contributed by atoms with Gasteiger partial charge in [-0.1, -0.05) is 0 Å². The fourth-order valence-corrected chi connectivity index (χ4v) is 7.79. The Morgan fingerprint density at radius 2 is 0.976 bits per heavy atom. The molecule has 12 heteroatoms. The molecule has 3 fully saturated rings. The second kappa shape index (κ2) is 13.9. The molecule has 4 amide bonds. The van der Waals surface area contributed by atoms with Gasteiger partial charge in [-0.25, -0.2) is 0 Å². The third-order valence-electron chi connectivity index (χ3n) is 9.98. The first-order chi connectivity index (χ1) is 20.3. The number of amidine groups is 2. The number of aliphatic imine (C=N–C) groups is 2. The van der Waals surface area contributed by atoms with Gasteiger partial charge >= 0.3 is 0 Å². The summed E-state index contributed by atoms with van der Waals surface area (Å²) in [6.07, 6.45) is 6.99. The van der Waals surface area contributed by atoms with Gasteiger partial charge in [0.1, 0.15) is 0 Å². The molecule has 2 heterocycles. The van der Waals surface area contributed by atoms with E-state index < -0.39 is 0 Å². The molecule has 5 rings (SSSR count). The van der Waals surface area contributed by atoms with Crippen LogP contribution in [-0.2, 0) is 19.2 Å². The number of nitrogens with one attached hydrogen (secondary N) is 6. The van der Waals surface area contributed by atoms with Crippen LogP contribution in [0.2, 0.25) is 0 Å². The number of nitrogens with zero attached hydrogens (tertiary/aromatic N) is 2. The van der Waals surface area contributed by atoms with Crippen LogP contribution in [0.3, 0.4) is 0 Å². The lowest BCUT2D eigenvalue weighted by Gasteiger charge is -2.37.